The molecule has 0 amide bonds. The molecule has 6 unspecified atom stereocenters. The molecule has 0 aliphatic heterocycles. The van der Waals surface area contributed by atoms with E-state index >= 15 is 0 Å². The van der Waals surface area contributed by atoms with E-state index in [1.807, 2.05) is 0 Å². The summed E-state index contributed by atoms with van der Waals surface area (Å²) >= 11 is 0.654. The van der Waals surface area contributed by atoms with Crippen LogP contribution in [0.5, 0.6) is 0 Å². The second kappa shape index (κ2) is 4.13. The molecule has 0 radical (unpaired) electrons. The van der Waals surface area contributed by atoms with Crippen LogP contribution in [0.4, 0.5) is 0 Å². The summed E-state index contributed by atoms with van der Waals surface area (Å²) in [6.45, 7) is 15.7. The molecule has 4 saturated carbocycles. The van der Waals surface area contributed by atoms with Crippen molar-refractivity contribution in [3.8, 4) is 0 Å². The maximum atomic E-state index is 2.67. The predicted octanol–water partition coefficient (Wildman–Crippen LogP) is 5.96. The summed E-state index contributed by atoms with van der Waals surface area (Å²) < 4.78 is 2.20. The maximum absolute atomic E-state index is 2.67. The Balaban J connectivity index is 1.57. The Bertz CT molecular complexity index is 422. The number of hydrogen-bond acceptors (Lipinski definition) is 0. The Morgan fingerprint density at radius 1 is 0.667 bits per heavy atom. The van der Waals surface area contributed by atoms with Crippen LogP contribution in [0, 0.1) is 33.5 Å². The van der Waals surface area contributed by atoms with Crippen molar-refractivity contribution in [1.82, 2.24) is 0 Å². The normalized spacial score (nSPS) is 55.9. The zero-order chi connectivity index (χ0) is 15.3. The van der Waals surface area contributed by atoms with Crippen LogP contribution in [-0.4, -0.2) is 15.2 Å². The fraction of sp³-hybridized carbons (Fsp3) is 1.00. The van der Waals surface area contributed by atoms with Crippen molar-refractivity contribution < 1.29 is 0 Å². The molecule has 4 bridgehead atoms. The van der Waals surface area contributed by atoms with Gasteiger partial charge >= 0.3 is 138 Å². The number of fused-ring (bicyclic) bond motifs is 4. The average molecular weight is 301 g/mol. The molecule has 0 aromatic heterocycles. The second-order valence-electron chi connectivity index (χ2n) is 10.6. The fourth-order valence-electron chi connectivity index (χ4n) is 7.39. The molecule has 0 N–H and O–H groups in total. The van der Waals surface area contributed by atoms with Gasteiger partial charge < -0.3 is 0 Å². The molecule has 0 aromatic carbocycles. The summed E-state index contributed by atoms with van der Waals surface area (Å²) in [4.78, 5) is 0. The first-order valence-electron chi connectivity index (χ1n) is 9.48. The van der Waals surface area contributed by atoms with Gasteiger partial charge in [0, 0.05) is 0 Å². The minimum atomic E-state index is 0.624. The third kappa shape index (κ3) is 1.59. The van der Waals surface area contributed by atoms with Gasteiger partial charge in [-0.05, 0) is 0 Å². The van der Waals surface area contributed by atoms with Gasteiger partial charge in [-0.25, -0.2) is 0 Å². The van der Waals surface area contributed by atoms with Crippen LogP contribution in [0.3, 0.4) is 0 Å². The van der Waals surface area contributed by atoms with Gasteiger partial charge in [0.1, 0.15) is 0 Å². The molecular weight excluding hydrogens is 267 g/mol. The van der Waals surface area contributed by atoms with Crippen LogP contribution in [0.2, 0.25) is 9.56 Å². The van der Waals surface area contributed by atoms with E-state index in [4.69, 9.17) is 0 Å². The third-order valence-electron chi connectivity index (χ3n) is 10.2. The van der Waals surface area contributed by atoms with Gasteiger partial charge in [0.2, 0.25) is 0 Å². The fourth-order valence-corrected chi connectivity index (χ4v) is 11.0. The standard InChI is InChI=1S/2C10H17.Al/c2*1-9(2)8-4-6-10(9,3)7-5-8;/h2*6,8H,4-5,7H2,1-3H3;/q;;+1. The second-order valence-corrected chi connectivity index (χ2v) is 12.6. The molecule has 0 spiro atoms. The van der Waals surface area contributed by atoms with Gasteiger partial charge in [-0.15, -0.1) is 0 Å². The van der Waals surface area contributed by atoms with Crippen LogP contribution in [0.1, 0.15) is 80.1 Å². The molecule has 6 atom stereocenters. The van der Waals surface area contributed by atoms with Gasteiger partial charge in [0.15, 0.2) is 0 Å². The zero-order valence-electron chi connectivity index (χ0n) is 15.1. The Hall–Kier alpha value is 0.532. The van der Waals surface area contributed by atoms with Gasteiger partial charge in [0.25, 0.3) is 0 Å². The zero-order valence-corrected chi connectivity index (χ0v) is 16.3. The Labute approximate surface area is 138 Å². The average Bonchev–Trinajstić information content (AvgIpc) is 2.90. The monoisotopic (exact) mass is 301 g/mol. The van der Waals surface area contributed by atoms with E-state index in [0.717, 1.165) is 21.4 Å². The van der Waals surface area contributed by atoms with Crippen LogP contribution < -0.4 is 0 Å². The molecule has 21 heavy (non-hydrogen) atoms. The summed E-state index contributed by atoms with van der Waals surface area (Å²) in [7, 11) is 0. The topological polar surface area (TPSA) is 0 Å². The van der Waals surface area contributed by atoms with Gasteiger partial charge in [-0.3, -0.25) is 0 Å². The number of hydrogen-bond donors (Lipinski definition) is 0. The first-order chi connectivity index (χ1) is 9.63. The summed E-state index contributed by atoms with van der Waals surface area (Å²) in [6.07, 6.45) is 9.26. The van der Waals surface area contributed by atoms with Gasteiger partial charge in [0.05, 0.1) is 0 Å². The quantitative estimate of drug-likeness (QED) is 0.552. The Morgan fingerprint density at radius 3 is 1.29 bits per heavy atom. The summed E-state index contributed by atoms with van der Waals surface area (Å²) in [5, 5.41) is 0. The Kier molecular flexibility index (Phi) is 2.97. The van der Waals surface area contributed by atoms with Gasteiger partial charge in [-0.2, -0.15) is 0 Å². The van der Waals surface area contributed by atoms with Crippen LogP contribution in [0.25, 0.3) is 0 Å². The van der Waals surface area contributed by atoms with Crippen LogP contribution in [-0.2, 0) is 0 Å². The van der Waals surface area contributed by atoms with Crippen LogP contribution in [0.15, 0.2) is 0 Å². The molecule has 4 rings (SSSR count). The van der Waals surface area contributed by atoms with Crippen molar-refractivity contribution >= 4 is 15.2 Å². The summed E-state index contributed by atoms with van der Waals surface area (Å²) in [5.41, 5.74) is 2.60. The number of rotatable bonds is 2. The van der Waals surface area contributed by atoms with E-state index in [-0.39, 0.29) is 0 Å². The van der Waals surface area contributed by atoms with E-state index < -0.39 is 0 Å². The van der Waals surface area contributed by atoms with Crippen molar-refractivity contribution in [3.63, 3.8) is 0 Å². The van der Waals surface area contributed by atoms with Crippen LogP contribution >= 0.6 is 0 Å². The third-order valence-corrected chi connectivity index (χ3v) is 13.1. The van der Waals surface area contributed by atoms with E-state index in [1.165, 1.54) is 25.7 Å². The molecule has 0 saturated heterocycles. The molecule has 116 valence electrons. The molecule has 0 aromatic rings. The van der Waals surface area contributed by atoms with Crippen molar-refractivity contribution in [2.45, 2.75) is 89.6 Å². The summed E-state index contributed by atoms with van der Waals surface area (Å²) in [5.74, 6) is 2.08. The van der Waals surface area contributed by atoms with Crippen molar-refractivity contribution in [2.24, 2.45) is 33.5 Å². The van der Waals surface area contributed by atoms with E-state index in [0.29, 0.717) is 36.9 Å². The molecule has 4 aliphatic rings. The van der Waals surface area contributed by atoms with E-state index in [9.17, 15) is 0 Å². The van der Waals surface area contributed by atoms with Gasteiger partial charge in [-0.1, -0.05) is 0 Å². The van der Waals surface area contributed by atoms with E-state index in [2.05, 4.69) is 41.5 Å². The Morgan fingerprint density at radius 2 is 1.05 bits per heavy atom. The minimum absolute atomic E-state index is 0.624. The first-order valence-corrected chi connectivity index (χ1v) is 10.8. The van der Waals surface area contributed by atoms with Crippen molar-refractivity contribution in [3.05, 3.63) is 0 Å². The summed E-state index contributed by atoms with van der Waals surface area (Å²) in [6, 6.07) is 0. The van der Waals surface area contributed by atoms with Crippen molar-refractivity contribution in [1.29, 1.82) is 0 Å². The van der Waals surface area contributed by atoms with Crippen molar-refractivity contribution in [2.75, 3.05) is 0 Å². The predicted molar refractivity (Wildman–Crippen MR) is 91.7 cm³/mol. The molecule has 0 heterocycles. The van der Waals surface area contributed by atoms with E-state index in [1.54, 1.807) is 12.8 Å². The molecular formula is C20H34Al+. The first kappa shape index (κ1) is 15.1. The molecule has 4 fully saturated rings. The molecule has 4 aliphatic carbocycles. The molecule has 1 heteroatoms. The molecule has 0 nitrogen and oxygen atoms in total. The SMILES string of the molecule is CC1(C)C2CCC1(C)[CH]([Al+][CH]1CC3CCC1(C)C3(C)C)C2.